The highest BCUT2D eigenvalue weighted by Gasteiger charge is 2.12. The first-order valence-corrected chi connectivity index (χ1v) is 6.45. The molecule has 0 bridgehead atoms. The molecule has 0 atom stereocenters. The Labute approximate surface area is 117 Å². The van der Waals surface area contributed by atoms with E-state index in [1.165, 1.54) is 0 Å². The van der Waals surface area contributed by atoms with Gasteiger partial charge in [-0.25, -0.2) is 0 Å². The summed E-state index contributed by atoms with van der Waals surface area (Å²) in [4.78, 5) is 16.5. The van der Waals surface area contributed by atoms with Gasteiger partial charge in [0.2, 0.25) is 0 Å². The minimum absolute atomic E-state index is 0.0569. The van der Waals surface area contributed by atoms with Gasteiger partial charge in [-0.3, -0.25) is 9.78 Å². The van der Waals surface area contributed by atoms with E-state index in [2.05, 4.69) is 4.98 Å². The molecule has 3 heteroatoms. The molecule has 0 aliphatic carbocycles. The molecule has 0 amide bonds. The number of carbonyl (C=O) groups is 1. The quantitative estimate of drug-likeness (QED) is 0.737. The minimum atomic E-state index is 0.0569. The molecule has 0 saturated heterocycles. The number of nitrogen functional groups attached to an aromatic ring is 1. The van der Waals surface area contributed by atoms with Crippen molar-refractivity contribution in [1.29, 1.82) is 0 Å². The summed E-state index contributed by atoms with van der Waals surface area (Å²) in [6.45, 7) is 0. The molecule has 1 heterocycles. The van der Waals surface area contributed by atoms with Crippen LogP contribution < -0.4 is 5.73 Å². The van der Waals surface area contributed by atoms with Gasteiger partial charge in [-0.1, -0.05) is 42.5 Å². The number of hydrogen-bond acceptors (Lipinski definition) is 3. The maximum absolute atomic E-state index is 12.5. The third kappa shape index (κ3) is 2.26. The van der Waals surface area contributed by atoms with Crippen LogP contribution >= 0.6 is 0 Å². The summed E-state index contributed by atoms with van der Waals surface area (Å²) in [5, 5.41) is 2.04. The Hall–Kier alpha value is -2.68. The smallest absolute Gasteiger partial charge is 0.167 e. The lowest BCUT2D eigenvalue weighted by atomic mass is 9.97. The molecule has 1 aromatic heterocycles. The maximum Gasteiger partial charge on any atom is 0.167 e. The van der Waals surface area contributed by atoms with Gasteiger partial charge in [0.15, 0.2) is 5.78 Å². The van der Waals surface area contributed by atoms with Crippen LogP contribution in [0.15, 0.2) is 60.9 Å². The van der Waals surface area contributed by atoms with Crippen molar-refractivity contribution in [1.82, 2.24) is 4.98 Å². The van der Waals surface area contributed by atoms with Crippen molar-refractivity contribution in [3.05, 3.63) is 72.1 Å². The maximum atomic E-state index is 12.5. The first kappa shape index (κ1) is 12.4. The third-order valence-corrected chi connectivity index (χ3v) is 3.38. The summed E-state index contributed by atoms with van der Waals surface area (Å²) in [6.07, 6.45) is 3.55. The van der Waals surface area contributed by atoms with Gasteiger partial charge < -0.3 is 5.73 Å². The molecule has 0 aliphatic rings. The monoisotopic (exact) mass is 262 g/mol. The van der Waals surface area contributed by atoms with Crippen LogP contribution in [-0.2, 0) is 6.42 Å². The molecule has 98 valence electrons. The highest BCUT2D eigenvalue weighted by molar-refractivity contribution is 6.09. The highest BCUT2D eigenvalue weighted by Crippen LogP contribution is 2.21. The average molecular weight is 262 g/mol. The lowest BCUT2D eigenvalue weighted by Crippen LogP contribution is -2.06. The first-order chi connectivity index (χ1) is 9.75. The number of nitrogens with zero attached hydrogens (tertiary/aromatic N) is 1. The van der Waals surface area contributed by atoms with E-state index in [9.17, 15) is 4.79 Å². The number of nitrogens with two attached hydrogens (primary N) is 1. The number of benzene rings is 2. The molecule has 3 nitrogen and oxygen atoms in total. The Balaban J connectivity index is 1.99. The number of carbonyl (C=O) groups excluding carboxylic acids is 1. The van der Waals surface area contributed by atoms with Crippen molar-refractivity contribution in [3.8, 4) is 0 Å². The first-order valence-electron chi connectivity index (χ1n) is 6.45. The van der Waals surface area contributed by atoms with Crippen LogP contribution in [0.1, 0.15) is 15.9 Å². The van der Waals surface area contributed by atoms with E-state index >= 15 is 0 Å². The number of rotatable bonds is 3. The zero-order valence-electron chi connectivity index (χ0n) is 10.9. The van der Waals surface area contributed by atoms with Crippen LogP contribution in [0.25, 0.3) is 10.8 Å². The summed E-state index contributed by atoms with van der Waals surface area (Å²) in [5.74, 6) is 0.0569. The largest absolute Gasteiger partial charge is 0.398 e. The van der Waals surface area contributed by atoms with E-state index in [1.807, 2.05) is 42.5 Å². The fourth-order valence-electron chi connectivity index (χ4n) is 2.32. The van der Waals surface area contributed by atoms with Crippen molar-refractivity contribution in [2.45, 2.75) is 6.42 Å². The van der Waals surface area contributed by atoms with E-state index in [0.717, 1.165) is 21.9 Å². The van der Waals surface area contributed by atoms with Crippen LogP contribution in [0, 0.1) is 0 Å². The molecule has 2 aromatic carbocycles. The lowest BCUT2D eigenvalue weighted by molar-refractivity contribution is 0.0994. The molecule has 2 N–H and O–H groups in total. The van der Waals surface area contributed by atoms with Gasteiger partial charge in [0.1, 0.15) is 0 Å². The Morgan fingerprint density at radius 2 is 1.85 bits per heavy atom. The number of anilines is 1. The Bertz CT molecular complexity index is 775. The van der Waals surface area contributed by atoms with Gasteiger partial charge in [-0.2, -0.15) is 0 Å². The number of fused-ring (bicyclic) bond motifs is 1. The van der Waals surface area contributed by atoms with Crippen LogP contribution in [-0.4, -0.2) is 10.8 Å². The molecule has 3 aromatic rings. The van der Waals surface area contributed by atoms with E-state index < -0.39 is 0 Å². The van der Waals surface area contributed by atoms with Gasteiger partial charge in [-0.05, 0) is 16.8 Å². The van der Waals surface area contributed by atoms with Gasteiger partial charge in [0.05, 0.1) is 0 Å². The number of aromatic nitrogens is 1. The summed E-state index contributed by atoms with van der Waals surface area (Å²) < 4.78 is 0. The summed E-state index contributed by atoms with van der Waals surface area (Å²) in [7, 11) is 0. The normalized spacial score (nSPS) is 10.6. The van der Waals surface area contributed by atoms with E-state index in [-0.39, 0.29) is 12.2 Å². The highest BCUT2D eigenvalue weighted by atomic mass is 16.1. The number of ketones is 1. The van der Waals surface area contributed by atoms with Gasteiger partial charge in [0.25, 0.3) is 0 Å². The number of pyridine rings is 1. The molecular weight excluding hydrogens is 248 g/mol. The fraction of sp³-hybridized carbons (Fsp3) is 0.0588. The second-order valence-electron chi connectivity index (χ2n) is 4.70. The van der Waals surface area contributed by atoms with Crippen LogP contribution in [0.4, 0.5) is 5.69 Å². The molecule has 0 radical (unpaired) electrons. The van der Waals surface area contributed by atoms with Crippen molar-refractivity contribution in [2.75, 3.05) is 5.73 Å². The zero-order chi connectivity index (χ0) is 13.9. The summed E-state index contributed by atoms with van der Waals surface area (Å²) in [6, 6.07) is 15.4. The molecule has 0 spiro atoms. The van der Waals surface area contributed by atoms with Crippen molar-refractivity contribution in [2.24, 2.45) is 0 Å². The molecular formula is C17H14N2O. The Morgan fingerprint density at radius 1 is 1.05 bits per heavy atom. The van der Waals surface area contributed by atoms with E-state index in [0.29, 0.717) is 5.69 Å². The van der Waals surface area contributed by atoms with Crippen LogP contribution in [0.2, 0.25) is 0 Å². The molecule has 3 rings (SSSR count). The predicted molar refractivity (Wildman–Crippen MR) is 80.6 cm³/mol. The Morgan fingerprint density at radius 3 is 2.70 bits per heavy atom. The summed E-state index contributed by atoms with van der Waals surface area (Å²) in [5.41, 5.74) is 7.97. The third-order valence-electron chi connectivity index (χ3n) is 3.38. The minimum Gasteiger partial charge on any atom is -0.398 e. The fourth-order valence-corrected chi connectivity index (χ4v) is 2.32. The SMILES string of the molecule is Nc1ccncc1CC(=O)c1cccc2ccccc12. The molecule has 20 heavy (non-hydrogen) atoms. The second-order valence-corrected chi connectivity index (χ2v) is 4.70. The van der Waals surface area contributed by atoms with Crippen molar-refractivity contribution in [3.63, 3.8) is 0 Å². The topological polar surface area (TPSA) is 56.0 Å². The molecule has 0 aliphatic heterocycles. The average Bonchev–Trinajstić information content (AvgIpc) is 2.49. The molecule has 0 unspecified atom stereocenters. The van der Waals surface area contributed by atoms with Crippen LogP contribution in [0.3, 0.4) is 0 Å². The lowest BCUT2D eigenvalue weighted by Gasteiger charge is -2.07. The van der Waals surface area contributed by atoms with Gasteiger partial charge in [0, 0.05) is 35.6 Å². The van der Waals surface area contributed by atoms with Gasteiger partial charge >= 0.3 is 0 Å². The number of hydrogen-bond donors (Lipinski definition) is 1. The van der Waals surface area contributed by atoms with E-state index in [1.54, 1.807) is 18.5 Å². The predicted octanol–water partition coefficient (Wildman–Crippen LogP) is 3.24. The Kier molecular flexibility index (Phi) is 3.17. The van der Waals surface area contributed by atoms with Crippen molar-refractivity contribution < 1.29 is 4.79 Å². The zero-order valence-corrected chi connectivity index (χ0v) is 10.9. The van der Waals surface area contributed by atoms with E-state index in [4.69, 9.17) is 5.73 Å². The number of Topliss-reactive ketones (excluding diaryl/α,β-unsaturated/α-hetero) is 1. The molecule has 0 saturated carbocycles. The summed E-state index contributed by atoms with van der Waals surface area (Å²) >= 11 is 0. The standard InChI is InChI=1S/C17H14N2O/c18-16-8-9-19-11-13(16)10-17(20)15-7-3-5-12-4-1-2-6-14(12)15/h1-9,11H,10H2,(H2,18,19). The van der Waals surface area contributed by atoms with Gasteiger partial charge in [-0.15, -0.1) is 0 Å². The van der Waals surface area contributed by atoms with Crippen molar-refractivity contribution >= 4 is 22.2 Å². The second kappa shape index (κ2) is 5.13. The van der Waals surface area contributed by atoms with Crippen LogP contribution in [0.5, 0.6) is 0 Å². The molecule has 0 fully saturated rings.